The van der Waals surface area contributed by atoms with Gasteiger partial charge in [-0.25, -0.2) is 13.4 Å². The topological polar surface area (TPSA) is 117 Å². The van der Waals surface area contributed by atoms with Crippen molar-refractivity contribution in [3.8, 4) is 0 Å². The van der Waals surface area contributed by atoms with Crippen LogP contribution in [0.5, 0.6) is 0 Å². The molecule has 25 heavy (non-hydrogen) atoms. The van der Waals surface area contributed by atoms with E-state index in [9.17, 15) is 13.2 Å². The van der Waals surface area contributed by atoms with Crippen LogP contribution in [0, 0.1) is 0 Å². The lowest BCUT2D eigenvalue weighted by atomic mass is 10.3. The molecule has 2 aromatic rings. The maximum atomic E-state index is 12.5. The molecule has 0 atom stereocenters. The summed E-state index contributed by atoms with van der Waals surface area (Å²) in [7, 11) is -3.53. The molecule has 0 radical (unpaired) electrons. The van der Waals surface area contributed by atoms with E-state index in [2.05, 4.69) is 20.5 Å². The highest BCUT2D eigenvalue weighted by molar-refractivity contribution is 7.99. The Hall–Kier alpha value is -1.95. The molecular weight excluding hydrogens is 366 g/mol. The van der Waals surface area contributed by atoms with Gasteiger partial charge in [-0.05, 0) is 24.3 Å². The first-order chi connectivity index (χ1) is 12.1. The Kier molecular flexibility index (Phi) is 5.68. The van der Waals surface area contributed by atoms with Crippen molar-refractivity contribution in [2.24, 2.45) is 0 Å². The minimum Gasteiger partial charge on any atom is -0.379 e. The first-order valence-electron chi connectivity index (χ1n) is 7.52. The van der Waals surface area contributed by atoms with Gasteiger partial charge in [0.25, 0.3) is 0 Å². The lowest BCUT2D eigenvalue weighted by Gasteiger charge is -2.26. The van der Waals surface area contributed by atoms with Crippen molar-refractivity contribution in [1.82, 2.24) is 19.5 Å². The van der Waals surface area contributed by atoms with Gasteiger partial charge >= 0.3 is 0 Å². The largest absolute Gasteiger partial charge is 0.379 e. The van der Waals surface area contributed by atoms with Gasteiger partial charge < -0.3 is 10.1 Å². The first-order valence-corrected chi connectivity index (χ1v) is 9.94. The lowest BCUT2D eigenvalue weighted by Crippen LogP contribution is -2.40. The van der Waals surface area contributed by atoms with Gasteiger partial charge in [-0.3, -0.25) is 9.89 Å². The van der Waals surface area contributed by atoms with Gasteiger partial charge in [0.05, 0.1) is 23.9 Å². The van der Waals surface area contributed by atoms with Gasteiger partial charge in [-0.15, -0.1) is 0 Å². The fourth-order valence-corrected chi connectivity index (χ4v) is 4.23. The summed E-state index contributed by atoms with van der Waals surface area (Å²) in [5.41, 5.74) is 0.532. The number of thioether (sulfide) groups is 1. The molecule has 1 fully saturated rings. The number of nitrogens with zero attached hydrogens (tertiary/aromatic N) is 3. The van der Waals surface area contributed by atoms with Crippen molar-refractivity contribution in [2.75, 3.05) is 37.4 Å². The van der Waals surface area contributed by atoms with Crippen molar-refractivity contribution in [2.45, 2.75) is 10.1 Å². The fraction of sp³-hybridized carbons (Fsp3) is 0.357. The Bertz CT molecular complexity index is 802. The number of nitrogens with one attached hydrogen (secondary N) is 2. The SMILES string of the molecule is O=C(CSc1ncn[nH]1)Nc1ccc(S(=O)(=O)N2CCOCC2)cc1. The van der Waals surface area contributed by atoms with Crippen molar-refractivity contribution < 1.29 is 17.9 Å². The summed E-state index contributed by atoms with van der Waals surface area (Å²) in [6, 6.07) is 6.13. The molecule has 3 rings (SSSR count). The summed E-state index contributed by atoms with van der Waals surface area (Å²) in [6.45, 7) is 1.49. The van der Waals surface area contributed by atoms with Gasteiger partial charge in [0.2, 0.25) is 15.9 Å². The van der Waals surface area contributed by atoms with Gasteiger partial charge in [0.15, 0.2) is 5.16 Å². The molecule has 0 unspecified atom stereocenters. The van der Waals surface area contributed by atoms with E-state index in [1.807, 2.05) is 0 Å². The van der Waals surface area contributed by atoms with Crippen LogP contribution in [0.2, 0.25) is 0 Å². The molecule has 1 aromatic heterocycles. The number of amides is 1. The van der Waals surface area contributed by atoms with Crippen LogP contribution >= 0.6 is 11.8 Å². The summed E-state index contributed by atoms with van der Waals surface area (Å²) < 4.78 is 31.6. The molecule has 0 saturated carbocycles. The fourth-order valence-electron chi connectivity index (χ4n) is 2.24. The third-order valence-electron chi connectivity index (χ3n) is 3.48. The zero-order chi connectivity index (χ0) is 17.7. The number of anilines is 1. The molecule has 1 aliphatic rings. The van der Waals surface area contributed by atoms with Crippen LogP contribution in [0.1, 0.15) is 0 Å². The monoisotopic (exact) mass is 383 g/mol. The first kappa shape index (κ1) is 17.9. The Morgan fingerprint density at radius 1 is 1.28 bits per heavy atom. The van der Waals surface area contributed by atoms with Crippen LogP contribution in [-0.4, -0.2) is 65.9 Å². The third-order valence-corrected chi connectivity index (χ3v) is 6.27. The number of sulfonamides is 1. The number of ether oxygens (including phenoxy) is 1. The normalized spacial score (nSPS) is 15.8. The van der Waals surface area contributed by atoms with Gasteiger partial charge in [-0.2, -0.15) is 9.40 Å². The maximum absolute atomic E-state index is 12.5. The molecule has 1 aromatic carbocycles. The number of aromatic nitrogens is 3. The molecule has 9 nitrogen and oxygen atoms in total. The highest BCUT2D eigenvalue weighted by Crippen LogP contribution is 2.20. The molecule has 11 heteroatoms. The number of hydrogen-bond donors (Lipinski definition) is 2. The number of rotatable bonds is 6. The summed E-state index contributed by atoms with van der Waals surface area (Å²) in [6.07, 6.45) is 1.37. The van der Waals surface area contributed by atoms with Gasteiger partial charge in [0, 0.05) is 18.8 Å². The van der Waals surface area contributed by atoms with E-state index in [1.165, 1.54) is 34.5 Å². The van der Waals surface area contributed by atoms with Crippen molar-refractivity contribution in [1.29, 1.82) is 0 Å². The van der Waals surface area contributed by atoms with Crippen LogP contribution in [0.15, 0.2) is 40.6 Å². The average molecular weight is 383 g/mol. The molecule has 1 amide bonds. The van der Waals surface area contributed by atoms with Crippen molar-refractivity contribution in [3.05, 3.63) is 30.6 Å². The van der Waals surface area contributed by atoms with Crippen LogP contribution in [0.4, 0.5) is 5.69 Å². The van der Waals surface area contributed by atoms with E-state index in [1.54, 1.807) is 12.1 Å². The minimum absolute atomic E-state index is 0.170. The second kappa shape index (κ2) is 7.95. The number of benzene rings is 1. The number of carbonyl (C=O) groups is 1. The minimum atomic E-state index is -3.53. The van der Waals surface area contributed by atoms with Gasteiger partial charge in [-0.1, -0.05) is 11.8 Å². The van der Waals surface area contributed by atoms with Gasteiger partial charge in [0.1, 0.15) is 6.33 Å². The Morgan fingerprint density at radius 3 is 2.64 bits per heavy atom. The van der Waals surface area contributed by atoms with E-state index in [-0.39, 0.29) is 16.6 Å². The van der Waals surface area contributed by atoms with Crippen molar-refractivity contribution >= 4 is 33.4 Å². The molecule has 1 saturated heterocycles. The molecular formula is C14H17N5O4S2. The highest BCUT2D eigenvalue weighted by atomic mass is 32.2. The zero-order valence-corrected chi connectivity index (χ0v) is 14.8. The highest BCUT2D eigenvalue weighted by Gasteiger charge is 2.26. The number of hydrogen-bond acceptors (Lipinski definition) is 7. The smallest absolute Gasteiger partial charge is 0.243 e. The number of morpholine rings is 1. The lowest BCUT2D eigenvalue weighted by molar-refractivity contribution is -0.113. The standard InChI is InChI=1S/C14H17N5O4S2/c20-13(9-24-14-15-10-16-18-14)17-11-1-3-12(4-2-11)25(21,22)19-5-7-23-8-6-19/h1-4,10H,5-9H2,(H,17,20)(H,15,16,18). The van der Waals surface area contributed by atoms with E-state index >= 15 is 0 Å². The molecule has 0 spiro atoms. The van der Waals surface area contributed by atoms with E-state index in [0.29, 0.717) is 37.1 Å². The van der Waals surface area contributed by atoms with Crippen LogP contribution in [0.25, 0.3) is 0 Å². The average Bonchev–Trinajstić information content (AvgIpc) is 3.15. The third kappa shape index (κ3) is 4.57. The summed E-state index contributed by atoms with van der Waals surface area (Å²) in [5.74, 6) is -0.0478. The number of carbonyl (C=O) groups excluding carboxylic acids is 1. The predicted molar refractivity (Wildman–Crippen MR) is 91.8 cm³/mol. The number of aromatic amines is 1. The molecule has 2 heterocycles. The Morgan fingerprint density at radius 2 is 2.00 bits per heavy atom. The molecule has 2 N–H and O–H groups in total. The second-order valence-electron chi connectivity index (χ2n) is 5.17. The summed E-state index contributed by atoms with van der Waals surface area (Å²) >= 11 is 1.23. The van der Waals surface area contributed by atoms with E-state index in [4.69, 9.17) is 4.74 Å². The quantitative estimate of drug-likeness (QED) is 0.700. The Balaban J connectivity index is 1.58. The molecule has 134 valence electrons. The zero-order valence-electron chi connectivity index (χ0n) is 13.2. The summed E-state index contributed by atoms with van der Waals surface area (Å²) in [5, 5.41) is 9.62. The number of H-pyrrole nitrogens is 1. The summed E-state index contributed by atoms with van der Waals surface area (Å²) in [4.78, 5) is 16.0. The van der Waals surface area contributed by atoms with Crippen LogP contribution in [-0.2, 0) is 19.6 Å². The van der Waals surface area contributed by atoms with Crippen LogP contribution in [0.3, 0.4) is 0 Å². The second-order valence-corrected chi connectivity index (χ2v) is 8.07. The maximum Gasteiger partial charge on any atom is 0.243 e. The molecule has 0 aliphatic carbocycles. The molecule has 1 aliphatic heterocycles. The van der Waals surface area contributed by atoms with Crippen molar-refractivity contribution in [3.63, 3.8) is 0 Å². The van der Waals surface area contributed by atoms with E-state index in [0.717, 1.165) is 0 Å². The predicted octanol–water partition coefficient (Wildman–Crippen LogP) is 0.556. The van der Waals surface area contributed by atoms with Crippen LogP contribution < -0.4 is 5.32 Å². The van der Waals surface area contributed by atoms with E-state index < -0.39 is 10.0 Å². The molecule has 0 bridgehead atoms. The Labute approximate surface area is 149 Å².